The first-order valence-electron chi connectivity index (χ1n) is 9.50. The van der Waals surface area contributed by atoms with Crippen molar-refractivity contribution in [3.63, 3.8) is 0 Å². The molecular weight excluding hydrogens is 342 g/mol. The number of nitrogens with zero attached hydrogens (tertiary/aromatic N) is 4. The number of para-hydroxylation sites is 1. The largest absolute Gasteiger partial charge is 0.379 e. The quantitative estimate of drug-likeness (QED) is 0.587. The number of nitrogens with one attached hydrogen (secondary N) is 1. The summed E-state index contributed by atoms with van der Waals surface area (Å²) in [6, 6.07) is 12.3. The monoisotopic (exact) mass is 369 g/mol. The van der Waals surface area contributed by atoms with E-state index in [0.29, 0.717) is 6.54 Å². The molecule has 0 atom stereocenters. The number of hydrogen-bond donors (Lipinski definition) is 1. The number of amides is 1. The lowest BCUT2D eigenvalue weighted by Crippen LogP contribution is -2.44. The summed E-state index contributed by atoms with van der Waals surface area (Å²) in [7, 11) is 0. The number of rotatable bonds is 6. The Bertz CT molecular complexity index is 671. The molecule has 0 spiro atoms. The maximum atomic E-state index is 12.3. The van der Waals surface area contributed by atoms with Crippen LogP contribution in [0.15, 0.2) is 42.1 Å². The molecule has 0 radical (unpaired) electrons. The molecule has 0 bridgehead atoms. The molecule has 0 aliphatic carbocycles. The number of anilines is 1. The van der Waals surface area contributed by atoms with Crippen molar-refractivity contribution < 1.29 is 9.53 Å². The van der Waals surface area contributed by atoms with E-state index in [-0.39, 0.29) is 11.5 Å². The second-order valence-electron chi connectivity index (χ2n) is 6.72. The van der Waals surface area contributed by atoms with Crippen LogP contribution in [0.25, 0.3) is 0 Å². The fraction of sp³-hybridized carbons (Fsp3) is 0.500. The minimum absolute atomic E-state index is 0.171. The van der Waals surface area contributed by atoms with Crippen LogP contribution >= 0.6 is 0 Å². The van der Waals surface area contributed by atoms with Crippen molar-refractivity contribution in [1.82, 2.24) is 15.1 Å². The summed E-state index contributed by atoms with van der Waals surface area (Å²) in [4.78, 5) is 18.9. The van der Waals surface area contributed by atoms with Crippen molar-refractivity contribution in [1.29, 1.82) is 5.26 Å². The standard InChI is InChI=1S/C20H27N5O2/c21-16-18(20(26)22-6-7-23-12-14-27-15-13-23)17-24-8-10-25(11-9-24)19-4-2-1-3-5-19/h1-5,17H,6-15H2,(H,22,26)/b18-17-. The summed E-state index contributed by atoms with van der Waals surface area (Å²) < 4.78 is 5.31. The number of carbonyl (C=O) groups is 1. The molecule has 0 aromatic heterocycles. The van der Waals surface area contributed by atoms with Crippen LogP contribution in [0.1, 0.15) is 0 Å². The van der Waals surface area contributed by atoms with Crippen LogP contribution in [-0.2, 0) is 9.53 Å². The summed E-state index contributed by atoms with van der Waals surface area (Å²) in [5.41, 5.74) is 1.38. The number of nitriles is 1. The van der Waals surface area contributed by atoms with Gasteiger partial charge in [-0.2, -0.15) is 5.26 Å². The van der Waals surface area contributed by atoms with Gasteiger partial charge in [0.2, 0.25) is 0 Å². The Morgan fingerprint density at radius 3 is 2.48 bits per heavy atom. The predicted molar refractivity (Wildman–Crippen MR) is 104 cm³/mol. The maximum absolute atomic E-state index is 12.3. The molecule has 2 saturated heterocycles. The van der Waals surface area contributed by atoms with Gasteiger partial charge in [0, 0.05) is 64.2 Å². The molecule has 1 aromatic rings. The lowest BCUT2D eigenvalue weighted by atomic mass is 10.2. The second-order valence-corrected chi connectivity index (χ2v) is 6.72. The van der Waals surface area contributed by atoms with Crippen LogP contribution in [0.3, 0.4) is 0 Å². The topological polar surface area (TPSA) is 71.8 Å². The maximum Gasteiger partial charge on any atom is 0.263 e. The van der Waals surface area contributed by atoms with Crippen LogP contribution in [0.2, 0.25) is 0 Å². The van der Waals surface area contributed by atoms with Crippen LogP contribution in [0.4, 0.5) is 5.69 Å². The highest BCUT2D eigenvalue weighted by molar-refractivity contribution is 5.97. The summed E-state index contributed by atoms with van der Waals surface area (Å²) >= 11 is 0. The third-order valence-electron chi connectivity index (χ3n) is 4.93. The van der Waals surface area contributed by atoms with Crippen LogP contribution in [0.5, 0.6) is 0 Å². The molecule has 7 nitrogen and oxygen atoms in total. The fourth-order valence-electron chi connectivity index (χ4n) is 3.32. The molecular formula is C20H27N5O2. The first kappa shape index (κ1) is 19.2. The number of piperazine rings is 1. The van der Waals surface area contributed by atoms with Gasteiger partial charge in [-0.25, -0.2) is 0 Å². The van der Waals surface area contributed by atoms with Gasteiger partial charge in [0.25, 0.3) is 5.91 Å². The Labute approximate surface area is 160 Å². The third kappa shape index (κ3) is 5.71. The molecule has 0 unspecified atom stereocenters. The molecule has 2 heterocycles. The van der Waals surface area contributed by atoms with Crippen molar-refractivity contribution in [2.75, 3.05) is 70.5 Å². The number of ether oxygens (including phenoxy) is 1. The van der Waals surface area contributed by atoms with Crippen molar-refractivity contribution in [2.45, 2.75) is 0 Å². The lowest BCUT2D eigenvalue weighted by molar-refractivity contribution is -0.117. The fourth-order valence-corrected chi connectivity index (χ4v) is 3.32. The van der Waals surface area contributed by atoms with Crippen LogP contribution in [-0.4, -0.2) is 81.3 Å². The van der Waals surface area contributed by atoms with Crippen molar-refractivity contribution >= 4 is 11.6 Å². The van der Waals surface area contributed by atoms with Gasteiger partial charge >= 0.3 is 0 Å². The Kier molecular flexibility index (Phi) is 7.08. The molecule has 2 aliphatic rings. The van der Waals surface area contributed by atoms with Gasteiger partial charge in [-0.3, -0.25) is 9.69 Å². The van der Waals surface area contributed by atoms with Gasteiger partial charge in [0.05, 0.1) is 13.2 Å². The predicted octanol–water partition coefficient (Wildman–Crippen LogP) is 0.664. The van der Waals surface area contributed by atoms with E-state index in [0.717, 1.165) is 59.0 Å². The Hall–Kier alpha value is -2.56. The molecule has 2 fully saturated rings. The summed E-state index contributed by atoms with van der Waals surface area (Å²) in [5.74, 6) is -0.295. The zero-order valence-corrected chi connectivity index (χ0v) is 15.6. The highest BCUT2D eigenvalue weighted by Gasteiger charge is 2.18. The first-order chi connectivity index (χ1) is 13.3. The van der Waals surface area contributed by atoms with E-state index in [4.69, 9.17) is 4.74 Å². The van der Waals surface area contributed by atoms with Crippen molar-refractivity contribution in [2.24, 2.45) is 0 Å². The smallest absolute Gasteiger partial charge is 0.263 e. The van der Waals surface area contributed by atoms with E-state index in [9.17, 15) is 10.1 Å². The molecule has 3 rings (SSSR count). The minimum atomic E-state index is -0.295. The zero-order chi connectivity index (χ0) is 18.9. The minimum Gasteiger partial charge on any atom is -0.379 e. The van der Waals surface area contributed by atoms with Gasteiger partial charge < -0.3 is 19.9 Å². The molecule has 1 amide bonds. The van der Waals surface area contributed by atoms with Gasteiger partial charge in [-0.1, -0.05) is 18.2 Å². The normalized spacial score (nSPS) is 18.9. The molecule has 2 aliphatic heterocycles. The van der Waals surface area contributed by atoms with E-state index >= 15 is 0 Å². The molecule has 1 N–H and O–H groups in total. The Morgan fingerprint density at radius 2 is 1.81 bits per heavy atom. The van der Waals surface area contributed by atoms with E-state index < -0.39 is 0 Å². The number of hydrogen-bond acceptors (Lipinski definition) is 6. The van der Waals surface area contributed by atoms with E-state index in [1.807, 2.05) is 24.3 Å². The molecule has 144 valence electrons. The number of benzene rings is 1. The SMILES string of the molecule is N#C/C(=C/N1CCN(c2ccccc2)CC1)C(=O)NCCN1CCOCC1. The Balaban J connectivity index is 1.45. The number of carbonyl (C=O) groups excluding carboxylic acids is 1. The van der Waals surface area contributed by atoms with Gasteiger partial charge in [0.15, 0.2) is 0 Å². The average Bonchev–Trinajstić information content (AvgIpc) is 2.74. The molecule has 7 heteroatoms. The second kappa shape index (κ2) is 9.95. The third-order valence-corrected chi connectivity index (χ3v) is 4.93. The number of morpholine rings is 1. The van der Waals surface area contributed by atoms with E-state index in [1.54, 1.807) is 6.20 Å². The van der Waals surface area contributed by atoms with E-state index in [1.165, 1.54) is 5.69 Å². The summed E-state index contributed by atoms with van der Waals surface area (Å²) in [5, 5.41) is 12.2. The zero-order valence-electron chi connectivity index (χ0n) is 15.6. The van der Waals surface area contributed by atoms with Crippen LogP contribution in [0, 0.1) is 11.3 Å². The molecule has 1 aromatic carbocycles. The summed E-state index contributed by atoms with van der Waals surface area (Å²) in [6.45, 7) is 7.92. The van der Waals surface area contributed by atoms with E-state index in [2.05, 4.69) is 32.1 Å². The van der Waals surface area contributed by atoms with Gasteiger partial charge in [-0.05, 0) is 12.1 Å². The highest BCUT2D eigenvalue weighted by atomic mass is 16.5. The lowest BCUT2D eigenvalue weighted by Gasteiger charge is -2.35. The van der Waals surface area contributed by atoms with Gasteiger partial charge in [-0.15, -0.1) is 0 Å². The van der Waals surface area contributed by atoms with Crippen molar-refractivity contribution in [3.05, 3.63) is 42.1 Å². The Morgan fingerprint density at radius 1 is 1.11 bits per heavy atom. The molecule has 0 saturated carbocycles. The van der Waals surface area contributed by atoms with Crippen LogP contribution < -0.4 is 10.2 Å². The first-order valence-corrected chi connectivity index (χ1v) is 9.50. The van der Waals surface area contributed by atoms with Gasteiger partial charge in [0.1, 0.15) is 11.6 Å². The van der Waals surface area contributed by atoms with Crippen molar-refractivity contribution in [3.8, 4) is 6.07 Å². The average molecular weight is 369 g/mol. The molecule has 27 heavy (non-hydrogen) atoms. The summed E-state index contributed by atoms with van der Waals surface area (Å²) in [6.07, 6.45) is 1.70. The highest BCUT2D eigenvalue weighted by Crippen LogP contribution is 2.16.